The molecule has 3 heterocycles. The first-order chi connectivity index (χ1) is 13.3. The van der Waals surface area contributed by atoms with Crippen LogP contribution in [0.3, 0.4) is 0 Å². The summed E-state index contributed by atoms with van der Waals surface area (Å²) in [5, 5.41) is 2.51. The number of furan rings is 1. The Labute approximate surface area is 156 Å². The normalized spacial score (nSPS) is 14.4. The van der Waals surface area contributed by atoms with Crippen molar-refractivity contribution < 1.29 is 4.42 Å². The molecule has 4 aromatic rings. The molecule has 2 aromatic carbocycles. The Bertz CT molecular complexity index is 1160. The van der Waals surface area contributed by atoms with Gasteiger partial charge in [0.05, 0.1) is 17.5 Å². The minimum atomic E-state index is -0.0750. The smallest absolute Gasteiger partial charge is 0.256 e. The number of H-pyrrole nitrogens is 1. The molecule has 0 aliphatic carbocycles. The highest BCUT2D eigenvalue weighted by atomic mass is 16.3. The van der Waals surface area contributed by atoms with E-state index in [4.69, 9.17) is 4.42 Å². The van der Waals surface area contributed by atoms with Crippen molar-refractivity contribution in [3.05, 3.63) is 88.0 Å². The van der Waals surface area contributed by atoms with Gasteiger partial charge in [0.1, 0.15) is 0 Å². The Morgan fingerprint density at radius 3 is 2.85 bits per heavy atom. The molecule has 0 spiro atoms. The third-order valence-corrected chi connectivity index (χ3v) is 5.18. The molecular weight excluding hydrogens is 338 g/mol. The molecule has 0 fully saturated rings. The molecule has 1 aliphatic heterocycles. The van der Waals surface area contributed by atoms with Gasteiger partial charge < -0.3 is 9.40 Å². The lowest BCUT2D eigenvalue weighted by Crippen LogP contribution is -2.35. The molecule has 0 radical (unpaired) electrons. The summed E-state index contributed by atoms with van der Waals surface area (Å²) in [7, 11) is 0. The van der Waals surface area contributed by atoms with Crippen molar-refractivity contribution in [2.24, 2.45) is 0 Å². The van der Waals surface area contributed by atoms with Gasteiger partial charge >= 0.3 is 0 Å². The van der Waals surface area contributed by atoms with Gasteiger partial charge in [-0.2, -0.15) is 0 Å². The van der Waals surface area contributed by atoms with Crippen molar-refractivity contribution in [2.75, 3.05) is 6.54 Å². The van der Waals surface area contributed by atoms with Gasteiger partial charge in [0, 0.05) is 26.1 Å². The van der Waals surface area contributed by atoms with Crippen molar-refractivity contribution in [3.63, 3.8) is 0 Å². The fourth-order valence-corrected chi connectivity index (χ4v) is 3.82. The van der Waals surface area contributed by atoms with Gasteiger partial charge in [0.2, 0.25) is 0 Å². The Morgan fingerprint density at radius 1 is 1.07 bits per heavy atom. The summed E-state index contributed by atoms with van der Waals surface area (Å²) in [6.45, 7) is 2.31. The topological polar surface area (TPSA) is 62.1 Å². The van der Waals surface area contributed by atoms with Crippen LogP contribution in [0.25, 0.3) is 22.4 Å². The third kappa shape index (κ3) is 2.96. The molecule has 0 bridgehead atoms. The summed E-state index contributed by atoms with van der Waals surface area (Å²) < 4.78 is 5.36. The molecule has 2 aromatic heterocycles. The van der Waals surface area contributed by atoms with Crippen LogP contribution in [-0.2, 0) is 19.5 Å². The van der Waals surface area contributed by atoms with Gasteiger partial charge in [0.15, 0.2) is 11.6 Å². The molecule has 27 heavy (non-hydrogen) atoms. The molecule has 1 aliphatic rings. The van der Waals surface area contributed by atoms with Crippen LogP contribution < -0.4 is 5.56 Å². The number of benzene rings is 2. The second kappa shape index (κ2) is 6.52. The highest BCUT2D eigenvalue weighted by Gasteiger charge is 2.22. The maximum atomic E-state index is 12.6. The molecular formula is C22H19N3O2. The lowest BCUT2D eigenvalue weighted by molar-refractivity contribution is 0.242. The molecule has 5 rings (SSSR count). The summed E-state index contributed by atoms with van der Waals surface area (Å²) in [5.41, 5.74) is 2.85. The number of fused-ring (bicyclic) bond motifs is 2. The maximum Gasteiger partial charge on any atom is 0.256 e. The first-order valence-electron chi connectivity index (χ1n) is 9.13. The molecule has 0 unspecified atom stereocenters. The zero-order valence-electron chi connectivity index (χ0n) is 14.8. The van der Waals surface area contributed by atoms with Gasteiger partial charge in [-0.25, -0.2) is 4.98 Å². The summed E-state index contributed by atoms with van der Waals surface area (Å²) in [4.78, 5) is 22.4. The van der Waals surface area contributed by atoms with Crippen molar-refractivity contribution >= 4 is 10.8 Å². The maximum absolute atomic E-state index is 12.6. The summed E-state index contributed by atoms with van der Waals surface area (Å²) >= 11 is 0. The predicted molar refractivity (Wildman–Crippen MR) is 104 cm³/mol. The molecule has 0 amide bonds. The number of nitrogens with zero attached hydrogens (tertiary/aromatic N) is 2. The molecule has 0 saturated heterocycles. The number of aromatic nitrogens is 2. The first-order valence-corrected chi connectivity index (χ1v) is 9.13. The van der Waals surface area contributed by atoms with E-state index >= 15 is 0 Å². The predicted octanol–water partition coefficient (Wildman–Crippen LogP) is 3.74. The third-order valence-electron chi connectivity index (χ3n) is 5.18. The Balaban J connectivity index is 1.44. The van der Waals surface area contributed by atoms with Gasteiger partial charge in [-0.3, -0.25) is 9.69 Å². The van der Waals surface area contributed by atoms with Crippen molar-refractivity contribution in [2.45, 2.75) is 19.5 Å². The Kier molecular flexibility index (Phi) is 3.87. The van der Waals surface area contributed by atoms with E-state index in [0.717, 1.165) is 30.8 Å². The summed E-state index contributed by atoms with van der Waals surface area (Å²) in [6, 6.07) is 18.4. The molecule has 0 atom stereocenters. The Morgan fingerprint density at radius 2 is 1.96 bits per heavy atom. The number of nitrogens with one attached hydrogen (secondary N) is 1. The highest BCUT2D eigenvalue weighted by Crippen LogP contribution is 2.23. The average Bonchev–Trinajstić information content (AvgIpc) is 3.23. The Hall–Kier alpha value is -3.18. The molecule has 5 nitrogen and oxygen atoms in total. The second-order valence-electron chi connectivity index (χ2n) is 6.92. The number of aromatic amines is 1. The van der Waals surface area contributed by atoms with Gasteiger partial charge in [-0.1, -0.05) is 42.5 Å². The minimum Gasteiger partial charge on any atom is -0.461 e. The lowest BCUT2D eigenvalue weighted by Gasteiger charge is -2.28. The first kappa shape index (κ1) is 16.0. The van der Waals surface area contributed by atoms with E-state index in [9.17, 15) is 4.79 Å². The number of rotatable bonds is 3. The zero-order valence-corrected chi connectivity index (χ0v) is 14.8. The van der Waals surface area contributed by atoms with Gasteiger partial charge in [0.25, 0.3) is 5.56 Å². The zero-order chi connectivity index (χ0) is 18.2. The van der Waals surface area contributed by atoms with E-state index in [1.807, 2.05) is 0 Å². The van der Waals surface area contributed by atoms with E-state index < -0.39 is 0 Å². The quantitative estimate of drug-likeness (QED) is 0.607. The van der Waals surface area contributed by atoms with Crippen LogP contribution in [0.2, 0.25) is 0 Å². The summed E-state index contributed by atoms with van der Waals surface area (Å²) in [6.07, 6.45) is 2.35. The molecule has 0 saturated carbocycles. The van der Waals surface area contributed by atoms with Gasteiger partial charge in [-0.05, 0) is 28.5 Å². The summed E-state index contributed by atoms with van der Waals surface area (Å²) in [5.74, 6) is 1.10. The molecule has 5 heteroatoms. The molecule has 134 valence electrons. The number of hydrogen-bond acceptors (Lipinski definition) is 4. The van der Waals surface area contributed by atoms with Crippen molar-refractivity contribution in [1.82, 2.24) is 14.9 Å². The average molecular weight is 357 g/mol. The van der Waals surface area contributed by atoms with Crippen LogP contribution in [0, 0.1) is 0 Å². The van der Waals surface area contributed by atoms with Crippen LogP contribution in [0.5, 0.6) is 0 Å². The van der Waals surface area contributed by atoms with Crippen LogP contribution in [-0.4, -0.2) is 21.4 Å². The van der Waals surface area contributed by atoms with Crippen LogP contribution in [0.15, 0.2) is 70.1 Å². The fraction of sp³-hybridized carbons (Fsp3) is 0.182. The highest BCUT2D eigenvalue weighted by molar-refractivity contribution is 5.85. The lowest BCUT2D eigenvalue weighted by atomic mass is 10.0. The van der Waals surface area contributed by atoms with Gasteiger partial charge in [-0.15, -0.1) is 0 Å². The number of hydrogen-bond donors (Lipinski definition) is 1. The van der Waals surface area contributed by atoms with E-state index in [-0.39, 0.29) is 5.56 Å². The van der Waals surface area contributed by atoms with Crippen molar-refractivity contribution in [3.8, 4) is 11.6 Å². The van der Waals surface area contributed by atoms with Crippen LogP contribution in [0.1, 0.15) is 16.8 Å². The van der Waals surface area contributed by atoms with E-state index in [1.54, 1.807) is 18.4 Å². The van der Waals surface area contributed by atoms with Crippen LogP contribution in [0.4, 0.5) is 0 Å². The standard InChI is InChI=1S/C22H19N3O2/c26-22-18-14-25(13-16-7-3-6-15-5-1-2-8-17(15)16)11-10-19(18)23-21(24-22)20-9-4-12-27-20/h1-9,12H,10-11,13-14H2,(H,23,24,26). The fourth-order valence-electron chi connectivity index (χ4n) is 3.82. The molecule has 1 N–H and O–H groups in total. The second-order valence-corrected chi connectivity index (χ2v) is 6.92. The SMILES string of the molecule is O=c1[nH]c(-c2ccco2)nc2c1CN(Cc1cccc3ccccc13)CC2. The minimum absolute atomic E-state index is 0.0750. The monoisotopic (exact) mass is 357 g/mol. The van der Waals surface area contributed by atoms with E-state index in [0.29, 0.717) is 18.1 Å². The van der Waals surface area contributed by atoms with Crippen LogP contribution >= 0.6 is 0 Å². The van der Waals surface area contributed by atoms with Crippen molar-refractivity contribution in [1.29, 1.82) is 0 Å². The van der Waals surface area contributed by atoms with E-state index in [1.165, 1.54) is 16.3 Å². The largest absolute Gasteiger partial charge is 0.461 e. The van der Waals surface area contributed by atoms with E-state index in [2.05, 4.69) is 57.3 Å².